The summed E-state index contributed by atoms with van der Waals surface area (Å²) < 4.78 is 11.0. The number of hydrogen-bond acceptors (Lipinski definition) is 5. The Morgan fingerprint density at radius 3 is 2.69 bits per heavy atom. The molecule has 2 amide bonds. The topological polar surface area (TPSA) is 96.9 Å². The van der Waals surface area contributed by atoms with Gasteiger partial charge in [-0.2, -0.15) is 0 Å². The molecule has 0 unspecified atom stereocenters. The maximum Gasteiger partial charge on any atom is 0.223 e. The molecule has 26 heavy (non-hydrogen) atoms. The molecule has 0 aromatic heterocycles. The zero-order valence-electron chi connectivity index (χ0n) is 15.1. The van der Waals surface area contributed by atoms with Crippen molar-refractivity contribution in [1.29, 1.82) is 0 Å². The normalized spacial score (nSPS) is 21.9. The van der Waals surface area contributed by atoms with E-state index in [1.165, 1.54) is 0 Å². The van der Waals surface area contributed by atoms with Crippen LogP contribution in [0, 0.1) is 0 Å². The molecule has 1 heterocycles. The molecule has 142 valence electrons. The third kappa shape index (κ3) is 5.57. The summed E-state index contributed by atoms with van der Waals surface area (Å²) in [7, 11) is 1.59. The van der Waals surface area contributed by atoms with Crippen molar-refractivity contribution in [2.45, 2.75) is 44.6 Å². The van der Waals surface area contributed by atoms with Gasteiger partial charge in [-0.1, -0.05) is 37.3 Å². The minimum Gasteiger partial charge on any atom is -0.496 e. The highest BCUT2D eigenvalue weighted by atomic mass is 16.5. The Balaban J connectivity index is 1.87. The van der Waals surface area contributed by atoms with E-state index in [0.717, 1.165) is 11.3 Å². The summed E-state index contributed by atoms with van der Waals surface area (Å²) in [5.74, 6) is 0.435. The average Bonchev–Trinajstić information content (AvgIpc) is 2.67. The van der Waals surface area contributed by atoms with Gasteiger partial charge in [0.25, 0.3) is 0 Å². The fraction of sp³-hybridized carbons (Fsp3) is 0.474. The number of methoxy groups -OCH3 is 1. The van der Waals surface area contributed by atoms with Crippen molar-refractivity contribution in [3.05, 3.63) is 42.0 Å². The number of aliphatic hydroxyl groups excluding tert-OH is 1. The molecule has 1 aromatic carbocycles. The van der Waals surface area contributed by atoms with E-state index in [1.54, 1.807) is 26.2 Å². The van der Waals surface area contributed by atoms with Gasteiger partial charge in [-0.3, -0.25) is 9.59 Å². The highest BCUT2D eigenvalue weighted by Crippen LogP contribution is 2.18. The van der Waals surface area contributed by atoms with Crippen LogP contribution in [-0.4, -0.2) is 48.9 Å². The van der Waals surface area contributed by atoms with Crippen molar-refractivity contribution in [3.63, 3.8) is 0 Å². The van der Waals surface area contributed by atoms with Crippen molar-refractivity contribution in [2.75, 3.05) is 13.7 Å². The van der Waals surface area contributed by atoms with Crippen LogP contribution in [0.15, 0.2) is 36.4 Å². The molecular formula is C19H26N2O5. The van der Waals surface area contributed by atoms with E-state index in [1.807, 2.05) is 24.3 Å². The zero-order chi connectivity index (χ0) is 18.9. The molecular weight excluding hydrogens is 336 g/mol. The zero-order valence-corrected chi connectivity index (χ0v) is 15.1. The molecule has 2 rings (SSSR count). The van der Waals surface area contributed by atoms with Crippen LogP contribution in [0.1, 0.15) is 25.3 Å². The number of carbonyl (C=O) groups is 2. The molecule has 0 aliphatic carbocycles. The molecule has 3 N–H and O–H groups in total. The van der Waals surface area contributed by atoms with Crippen molar-refractivity contribution in [2.24, 2.45) is 0 Å². The first kappa shape index (κ1) is 19.9. The van der Waals surface area contributed by atoms with Crippen LogP contribution in [0.25, 0.3) is 0 Å². The largest absolute Gasteiger partial charge is 0.496 e. The van der Waals surface area contributed by atoms with Gasteiger partial charge in [0.2, 0.25) is 11.8 Å². The number of rotatable bonds is 8. The van der Waals surface area contributed by atoms with Crippen LogP contribution in [0.2, 0.25) is 0 Å². The minimum absolute atomic E-state index is 0.116. The molecule has 0 saturated heterocycles. The molecule has 7 nitrogen and oxygen atoms in total. The van der Waals surface area contributed by atoms with Gasteiger partial charge < -0.3 is 25.2 Å². The van der Waals surface area contributed by atoms with Gasteiger partial charge in [-0.05, 0) is 6.07 Å². The molecule has 1 aliphatic heterocycles. The number of amides is 2. The summed E-state index contributed by atoms with van der Waals surface area (Å²) in [5.41, 5.74) is 0.888. The third-order valence-corrected chi connectivity index (χ3v) is 4.17. The minimum atomic E-state index is -0.567. The maximum atomic E-state index is 12.2. The van der Waals surface area contributed by atoms with Crippen LogP contribution < -0.4 is 15.4 Å². The van der Waals surface area contributed by atoms with Gasteiger partial charge in [-0.15, -0.1) is 0 Å². The third-order valence-electron chi connectivity index (χ3n) is 4.17. The second kappa shape index (κ2) is 9.94. The summed E-state index contributed by atoms with van der Waals surface area (Å²) in [5, 5.41) is 15.1. The lowest BCUT2D eigenvalue weighted by Crippen LogP contribution is -2.48. The summed E-state index contributed by atoms with van der Waals surface area (Å²) in [6.07, 6.45) is 3.00. The van der Waals surface area contributed by atoms with Gasteiger partial charge in [0, 0.05) is 18.5 Å². The number of nitrogens with one attached hydrogen (secondary N) is 2. The molecule has 0 spiro atoms. The van der Waals surface area contributed by atoms with Crippen molar-refractivity contribution in [1.82, 2.24) is 10.6 Å². The molecule has 3 atom stereocenters. The molecule has 1 aliphatic rings. The molecule has 1 aromatic rings. The Bertz CT molecular complexity index is 647. The SMILES string of the molecule is CCC(=O)N[C@@H]1C=C[C@H](CC(=O)NCc2ccccc2OC)O[C@H]1CO. The number of hydrogen-bond donors (Lipinski definition) is 3. The average molecular weight is 362 g/mol. The Kier molecular flexibility index (Phi) is 7.62. The lowest BCUT2D eigenvalue weighted by molar-refractivity contribution is -0.128. The number of para-hydroxylation sites is 1. The highest BCUT2D eigenvalue weighted by Gasteiger charge is 2.28. The maximum absolute atomic E-state index is 12.2. The van der Waals surface area contributed by atoms with Gasteiger partial charge in [0.05, 0.1) is 32.3 Å². The summed E-state index contributed by atoms with van der Waals surface area (Å²) >= 11 is 0. The van der Waals surface area contributed by atoms with Gasteiger partial charge in [0.1, 0.15) is 11.9 Å². The standard InChI is InChI=1S/C19H26N2O5/c1-3-18(23)21-15-9-8-14(26-17(15)12-22)10-19(24)20-11-13-6-4-5-7-16(13)25-2/h4-9,14-15,17,22H,3,10-12H2,1-2H3,(H,20,24)(H,21,23)/t14-,15-,17+/m1/s1. The van der Waals surface area contributed by atoms with Crippen LogP contribution in [0.4, 0.5) is 0 Å². The van der Waals surface area contributed by atoms with Crippen molar-refractivity contribution in [3.8, 4) is 5.75 Å². The van der Waals surface area contributed by atoms with Crippen LogP contribution >= 0.6 is 0 Å². The summed E-state index contributed by atoms with van der Waals surface area (Å²) in [6, 6.07) is 7.09. The second-order valence-electron chi connectivity index (χ2n) is 6.02. The highest BCUT2D eigenvalue weighted by molar-refractivity contribution is 5.77. The van der Waals surface area contributed by atoms with Crippen molar-refractivity contribution < 1.29 is 24.2 Å². The number of aliphatic hydroxyl groups is 1. The summed E-state index contributed by atoms with van der Waals surface area (Å²) in [4.78, 5) is 23.7. The van der Waals surface area contributed by atoms with Gasteiger partial charge in [0.15, 0.2) is 0 Å². The lowest BCUT2D eigenvalue weighted by Gasteiger charge is -2.31. The van der Waals surface area contributed by atoms with Crippen LogP contribution in [-0.2, 0) is 20.9 Å². The smallest absolute Gasteiger partial charge is 0.223 e. The van der Waals surface area contributed by atoms with Gasteiger partial charge in [-0.25, -0.2) is 0 Å². The van der Waals surface area contributed by atoms with Gasteiger partial charge >= 0.3 is 0 Å². The van der Waals surface area contributed by atoms with E-state index in [9.17, 15) is 14.7 Å². The number of ether oxygens (including phenoxy) is 2. The Labute approximate surface area is 153 Å². The molecule has 0 saturated carbocycles. The van der Waals surface area contributed by atoms with E-state index in [4.69, 9.17) is 9.47 Å². The molecule has 0 radical (unpaired) electrons. The van der Waals surface area contributed by atoms with E-state index in [2.05, 4.69) is 10.6 Å². The monoisotopic (exact) mass is 362 g/mol. The van der Waals surface area contributed by atoms with Crippen LogP contribution in [0.5, 0.6) is 5.75 Å². The second-order valence-corrected chi connectivity index (χ2v) is 6.02. The van der Waals surface area contributed by atoms with E-state index in [-0.39, 0.29) is 30.9 Å². The van der Waals surface area contributed by atoms with E-state index in [0.29, 0.717) is 13.0 Å². The predicted molar refractivity (Wildman–Crippen MR) is 96.6 cm³/mol. The quantitative estimate of drug-likeness (QED) is 0.598. The lowest BCUT2D eigenvalue weighted by atomic mass is 10.0. The first-order valence-electron chi connectivity index (χ1n) is 8.70. The fourth-order valence-electron chi connectivity index (χ4n) is 2.72. The van der Waals surface area contributed by atoms with Crippen LogP contribution in [0.3, 0.4) is 0 Å². The fourth-order valence-corrected chi connectivity index (χ4v) is 2.72. The molecule has 7 heteroatoms. The molecule has 0 bridgehead atoms. The first-order chi connectivity index (χ1) is 12.6. The summed E-state index contributed by atoms with van der Waals surface area (Å²) in [6.45, 7) is 1.88. The predicted octanol–water partition coefficient (Wildman–Crippen LogP) is 0.912. The van der Waals surface area contributed by atoms with E-state index < -0.39 is 12.2 Å². The Morgan fingerprint density at radius 1 is 1.23 bits per heavy atom. The molecule has 0 fully saturated rings. The van der Waals surface area contributed by atoms with E-state index >= 15 is 0 Å². The first-order valence-corrected chi connectivity index (χ1v) is 8.70. The number of benzene rings is 1. The Morgan fingerprint density at radius 2 is 2.00 bits per heavy atom. The Hall–Kier alpha value is -2.38. The number of carbonyl (C=O) groups excluding carboxylic acids is 2. The van der Waals surface area contributed by atoms with Crippen molar-refractivity contribution >= 4 is 11.8 Å².